The van der Waals surface area contributed by atoms with Crippen LogP contribution in [0.2, 0.25) is 0 Å². The Kier molecular flexibility index (Phi) is 5.15. The van der Waals surface area contributed by atoms with Gasteiger partial charge in [0.15, 0.2) is 0 Å². The van der Waals surface area contributed by atoms with Crippen LogP contribution in [0.4, 0.5) is 13.2 Å². The van der Waals surface area contributed by atoms with Gasteiger partial charge in [-0.05, 0) is 19.4 Å². The van der Waals surface area contributed by atoms with Crippen molar-refractivity contribution in [3.8, 4) is 0 Å². The maximum absolute atomic E-state index is 13.2. The molecule has 2 unspecified atom stereocenters. The van der Waals surface area contributed by atoms with E-state index in [2.05, 4.69) is 0 Å². The molecule has 7 heteroatoms. The van der Waals surface area contributed by atoms with E-state index >= 15 is 0 Å². The van der Waals surface area contributed by atoms with Gasteiger partial charge in [0.1, 0.15) is 17.5 Å². The molecule has 2 rings (SSSR count). The number of benzene rings is 1. The highest BCUT2D eigenvalue weighted by molar-refractivity contribution is 6.05. The van der Waals surface area contributed by atoms with E-state index in [9.17, 15) is 27.6 Å². The second-order valence-corrected chi connectivity index (χ2v) is 5.88. The Morgan fingerprint density at radius 2 is 1.88 bits per heavy atom. The summed E-state index contributed by atoms with van der Waals surface area (Å²) in [6.45, 7) is 2.57. The van der Waals surface area contributed by atoms with Crippen LogP contribution in [0.15, 0.2) is 35.9 Å². The van der Waals surface area contributed by atoms with Crippen LogP contribution in [-0.4, -0.2) is 30.8 Å². The van der Waals surface area contributed by atoms with Crippen LogP contribution in [-0.2, 0) is 14.3 Å². The average molecular weight is 354 g/mol. The molecule has 1 aliphatic rings. The molecule has 134 valence electrons. The number of hydrogen-bond acceptors (Lipinski definition) is 4. The number of Topliss-reactive ketones (excluding diaryl/α,β-unsaturated/α-hetero) is 1. The first-order valence-corrected chi connectivity index (χ1v) is 7.68. The molecule has 4 nitrogen and oxygen atoms in total. The number of aldehydes is 1. The predicted molar refractivity (Wildman–Crippen MR) is 83.1 cm³/mol. The maximum atomic E-state index is 13.2. The summed E-state index contributed by atoms with van der Waals surface area (Å²) in [7, 11) is 0. The monoisotopic (exact) mass is 354 g/mol. The lowest BCUT2D eigenvalue weighted by Crippen LogP contribution is -2.42. The third kappa shape index (κ3) is 3.36. The molecule has 0 heterocycles. The number of alkyl halides is 3. The van der Waals surface area contributed by atoms with Crippen molar-refractivity contribution in [1.82, 2.24) is 0 Å². The molecule has 1 aromatic carbocycles. The fourth-order valence-corrected chi connectivity index (χ4v) is 3.12. The van der Waals surface area contributed by atoms with Crippen molar-refractivity contribution in [2.24, 2.45) is 5.41 Å². The summed E-state index contributed by atoms with van der Waals surface area (Å²) in [5.74, 6) is -2.77. The third-order valence-electron chi connectivity index (χ3n) is 4.43. The maximum Gasteiger partial charge on any atom is 0.412 e. The first-order valence-electron chi connectivity index (χ1n) is 7.68. The Labute approximate surface area is 142 Å². The molecular formula is C18H17F3O4. The van der Waals surface area contributed by atoms with Crippen LogP contribution in [0.5, 0.6) is 0 Å². The highest BCUT2D eigenvalue weighted by Gasteiger charge is 2.58. The van der Waals surface area contributed by atoms with Gasteiger partial charge in [-0.3, -0.25) is 14.4 Å². The van der Waals surface area contributed by atoms with Gasteiger partial charge in [0.2, 0.25) is 0 Å². The number of rotatable bonds is 5. The van der Waals surface area contributed by atoms with E-state index < -0.39 is 41.3 Å². The fraction of sp³-hybridized carbons (Fsp3) is 0.389. The molecule has 0 saturated carbocycles. The molecule has 0 radical (unpaired) electrons. The van der Waals surface area contributed by atoms with Crippen LogP contribution in [0.3, 0.4) is 0 Å². The van der Waals surface area contributed by atoms with Crippen LogP contribution < -0.4 is 0 Å². The van der Waals surface area contributed by atoms with Gasteiger partial charge >= 0.3 is 12.1 Å². The largest absolute Gasteiger partial charge is 0.465 e. The van der Waals surface area contributed by atoms with Gasteiger partial charge in [-0.15, -0.1) is 0 Å². The molecule has 0 saturated heterocycles. The topological polar surface area (TPSA) is 60.4 Å². The average Bonchev–Trinajstić information content (AvgIpc) is 2.97. The van der Waals surface area contributed by atoms with Gasteiger partial charge in [0, 0.05) is 23.5 Å². The fourth-order valence-electron chi connectivity index (χ4n) is 3.12. The molecule has 2 atom stereocenters. The highest BCUT2D eigenvalue weighted by Crippen LogP contribution is 2.53. The Bertz CT molecular complexity index is 719. The van der Waals surface area contributed by atoms with Gasteiger partial charge in [-0.25, -0.2) is 0 Å². The van der Waals surface area contributed by atoms with Crippen molar-refractivity contribution in [2.45, 2.75) is 32.4 Å². The van der Waals surface area contributed by atoms with Crippen LogP contribution >= 0.6 is 0 Å². The lowest BCUT2D eigenvalue weighted by Gasteiger charge is -2.31. The van der Waals surface area contributed by atoms with E-state index in [1.165, 1.54) is 31.2 Å². The minimum atomic E-state index is -4.65. The summed E-state index contributed by atoms with van der Waals surface area (Å²) < 4.78 is 44.7. The zero-order valence-electron chi connectivity index (χ0n) is 13.7. The molecule has 0 fully saturated rings. The van der Waals surface area contributed by atoms with E-state index in [-0.39, 0.29) is 6.61 Å². The van der Waals surface area contributed by atoms with Gasteiger partial charge in [-0.2, -0.15) is 13.2 Å². The summed E-state index contributed by atoms with van der Waals surface area (Å²) in [6, 6.07) is 5.75. The molecule has 1 aliphatic carbocycles. The Morgan fingerprint density at radius 3 is 2.32 bits per heavy atom. The van der Waals surface area contributed by atoms with Crippen molar-refractivity contribution in [1.29, 1.82) is 0 Å². The first kappa shape index (κ1) is 18.9. The Balaban J connectivity index is 2.61. The van der Waals surface area contributed by atoms with Crippen LogP contribution in [0.25, 0.3) is 0 Å². The smallest absolute Gasteiger partial charge is 0.412 e. The van der Waals surface area contributed by atoms with E-state index in [0.717, 1.165) is 13.0 Å². The van der Waals surface area contributed by atoms with Crippen molar-refractivity contribution >= 4 is 18.0 Å². The number of ketones is 1. The number of halogens is 3. The number of hydrogen-bond donors (Lipinski definition) is 0. The normalized spacial score (nSPS) is 23.1. The number of carbonyl (C=O) groups excluding carboxylic acids is 3. The van der Waals surface area contributed by atoms with Gasteiger partial charge < -0.3 is 4.74 Å². The van der Waals surface area contributed by atoms with E-state index in [0.29, 0.717) is 17.4 Å². The molecule has 0 bridgehead atoms. The predicted octanol–water partition coefficient (Wildman–Crippen LogP) is 3.61. The number of allylic oxidation sites excluding steroid dienone is 2. The minimum Gasteiger partial charge on any atom is -0.465 e. The quantitative estimate of drug-likeness (QED) is 0.351. The molecule has 0 aliphatic heterocycles. The van der Waals surface area contributed by atoms with Crippen molar-refractivity contribution in [3.05, 3.63) is 47.0 Å². The molecule has 0 amide bonds. The number of carbonyl (C=O) groups is 3. The SMILES string of the molecule is CCOC(=O)C1(C(C)=O)CC(C(F)(F)F)=CC1c1ccc(C=O)cc1. The highest BCUT2D eigenvalue weighted by atomic mass is 19.4. The summed E-state index contributed by atoms with van der Waals surface area (Å²) in [6.07, 6.45) is -3.90. The number of esters is 1. The molecule has 0 aromatic heterocycles. The van der Waals surface area contributed by atoms with Crippen LogP contribution in [0.1, 0.15) is 42.1 Å². The molecule has 1 aromatic rings. The number of ether oxygens (including phenoxy) is 1. The van der Waals surface area contributed by atoms with Gasteiger partial charge in [0.05, 0.1) is 6.61 Å². The van der Waals surface area contributed by atoms with Crippen molar-refractivity contribution < 1.29 is 32.3 Å². The summed E-state index contributed by atoms with van der Waals surface area (Å²) >= 11 is 0. The summed E-state index contributed by atoms with van der Waals surface area (Å²) in [5, 5.41) is 0. The summed E-state index contributed by atoms with van der Waals surface area (Å²) in [4.78, 5) is 35.6. The second kappa shape index (κ2) is 6.82. The molecule has 0 N–H and O–H groups in total. The third-order valence-corrected chi connectivity index (χ3v) is 4.43. The molecular weight excluding hydrogens is 337 g/mol. The standard InChI is InChI=1S/C18H17F3O4/c1-3-25-16(24)17(11(2)23)9-14(18(19,20)21)8-15(17)13-6-4-12(10-22)5-7-13/h4-8,10,15H,3,9H2,1-2H3. The van der Waals surface area contributed by atoms with Gasteiger partial charge in [-0.1, -0.05) is 30.3 Å². The van der Waals surface area contributed by atoms with Crippen molar-refractivity contribution in [2.75, 3.05) is 6.61 Å². The van der Waals surface area contributed by atoms with E-state index in [1.807, 2.05) is 0 Å². The molecule has 25 heavy (non-hydrogen) atoms. The Morgan fingerprint density at radius 1 is 1.28 bits per heavy atom. The second-order valence-electron chi connectivity index (χ2n) is 5.88. The van der Waals surface area contributed by atoms with Gasteiger partial charge in [0.25, 0.3) is 0 Å². The Hall–Kier alpha value is -2.44. The summed E-state index contributed by atoms with van der Waals surface area (Å²) in [5.41, 5.74) is -2.21. The van der Waals surface area contributed by atoms with E-state index in [4.69, 9.17) is 4.74 Å². The zero-order valence-corrected chi connectivity index (χ0v) is 13.7. The van der Waals surface area contributed by atoms with Crippen molar-refractivity contribution in [3.63, 3.8) is 0 Å². The zero-order chi connectivity index (χ0) is 18.8. The molecule has 0 spiro atoms. The minimum absolute atomic E-state index is 0.0496. The first-order chi connectivity index (χ1) is 11.7. The lowest BCUT2D eigenvalue weighted by molar-refractivity contribution is -0.160. The van der Waals surface area contributed by atoms with Crippen LogP contribution in [0, 0.1) is 5.41 Å². The van der Waals surface area contributed by atoms with E-state index in [1.54, 1.807) is 0 Å². The lowest BCUT2D eigenvalue weighted by atomic mass is 9.70.